The topological polar surface area (TPSA) is 50.4 Å². The van der Waals surface area contributed by atoms with Crippen molar-refractivity contribution in [2.75, 3.05) is 0 Å². The third kappa shape index (κ3) is 3.09. The van der Waals surface area contributed by atoms with Crippen molar-refractivity contribution in [3.63, 3.8) is 0 Å². The SMILES string of the molecule is CCCCCCc1cc(O)c2c(c1)oc(=O)c1ccc(C)cc12. The minimum Gasteiger partial charge on any atom is -0.507 e. The average Bonchev–Trinajstić information content (AvgIpc) is 2.51. The second-order valence-corrected chi connectivity index (χ2v) is 6.24. The summed E-state index contributed by atoms with van der Waals surface area (Å²) < 4.78 is 5.45. The zero-order valence-electron chi connectivity index (χ0n) is 13.7. The molecule has 0 aliphatic rings. The smallest absolute Gasteiger partial charge is 0.344 e. The second-order valence-electron chi connectivity index (χ2n) is 6.24. The fourth-order valence-corrected chi connectivity index (χ4v) is 3.11. The molecule has 0 spiro atoms. The molecule has 1 N–H and O–H groups in total. The lowest BCUT2D eigenvalue weighted by atomic mass is 10.0. The Morgan fingerprint density at radius 2 is 1.87 bits per heavy atom. The summed E-state index contributed by atoms with van der Waals surface area (Å²) in [4.78, 5) is 12.2. The summed E-state index contributed by atoms with van der Waals surface area (Å²) in [6.07, 6.45) is 5.56. The average molecular weight is 310 g/mol. The zero-order chi connectivity index (χ0) is 16.4. The normalized spacial score (nSPS) is 11.4. The Hall–Kier alpha value is -2.29. The lowest BCUT2D eigenvalue weighted by Gasteiger charge is -2.08. The highest BCUT2D eigenvalue weighted by molar-refractivity contribution is 6.07. The maximum atomic E-state index is 12.2. The van der Waals surface area contributed by atoms with Gasteiger partial charge >= 0.3 is 5.63 Å². The van der Waals surface area contributed by atoms with Crippen LogP contribution in [0.25, 0.3) is 21.7 Å². The van der Waals surface area contributed by atoms with Gasteiger partial charge in [0.25, 0.3) is 0 Å². The number of benzene rings is 2. The first-order valence-electron chi connectivity index (χ1n) is 8.29. The van der Waals surface area contributed by atoms with E-state index in [-0.39, 0.29) is 11.4 Å². The number of fused-ring (bicyclic) bond motifs is 3. The summed E-state index contributed by atoms with van der Waals surface area (Å²) >= 11 is 0. The predicted molar refractivity (Wildman–Crippen MR) is 94.2 cm³/mol. The lowest BCUT2D eigenvalue weighted by Crippen LogP contribution is -2.00. The van der Waals surface area contributed by atoms with Gasteiger partial charge in [0.2, 0.25) is 0 Å². The summed E-state index contributed by atoms with van der Waals surface area (Å²) in [6, 6.07) is 9.26. The number of aromatic hydroxyl groups is 1. The molecule has 0 fully saturated rings. The van der Waals surface area contributed by atoms with Crippen molar-refractivity contribution in [3.8, 4) is 5.75 Å². The van der Waals surface area contributed by atoms with Gasteiger partial charge in [-0.25, -0.2) is 4.79 Å². The summed E-state index contributed by atoms with van der Waals surface area (Å²) in [5, 5.41) is 12.4. The molecule has 3 aromatic rings. The molecular formula is C20H22O3. The Balaban J connectivity index is 2.10. The molecule has 0 radical (unpaired) electrons. The molecule has 1 aromatic heterocycles. The minimum atomic E-state index is -0.352. The maximum absolute atomic E-state index is 12.2. The third-order valence-electron chi connectivity index (χ3n) is 4.33. The lowest BCUT2D eigenvalue weighted by molar-refractivity contribution is 0.478. The van der Waals surface area contributed by atoms with E-state index >= 15 is 0 Å². The molecule has 0 aliphatic carbocycles. The van der Waals surface area contributed by atoms with Crippen molar-refractivity contribution < 1.29 is 9.52 Å². The Morgan fingerprint density at radius 1 is 1.04 bits per heavy atom. The summed E-state index contributed by atoms with van der Waals surface area (Å²) in [5.41, 5.74) is 2.18. The van der Waals surface area contributed by atoms with E-state index in [1.165, 1.54) is 19.3 Å². The number of unbranched alkanes of at least 4 members (excludes halogenated alkanes) is 3. The monoisotopic (exact) mass is 310 g/mol. The number of aryl methyl sites for hydroxylation is 2. The molecule has 0 bridgehead atoms. The van der Waals surface area contributed by atoms with Crippen molar-refractivity contribution in [1.29, 1.82) is 0 Å². The Kier molecular flexibility index (Phi) is 4.37. The van der Waals surface area contributed by atoms with Gasteiger partial charge in [-0.05, 0) is 43.5 Å². The number of hydrogen-bond donors (Lipinski definition) is 1. The van der Waals surface area contributed by atoms with Gasteiger partial charge in [0, 0.05) is 5.39 Å². The van der Waals surface area contributed by atoms with E-state index in [0.29, 0.717) is 16.4 Å². The molecule has 0 unspecified atom stereocenters. The van der Waals surface area contributed by atoms with Gasteiger partial charge in [0.15, 0.2) is 0 Å². The molecular weight excluding hydrogens is 288 g/mol. The highest BCUT2D eigenvalue weighted by Crippen LogP contribution is 2.32. The van der Waals surface area contributed by atoms with Crippen molar-refractivity contribution in [3.05, 3.63) is 51.9 Å². The number of hydrogen-bond acceptors (Lipinski definition) is 3. The molecule has 3 heteroatoms. The van der Waals surface area contributed by atoms with Crippen molar-refractivity contribution >= 4 is 21.7 Å². The van der Waals surface area contributed by atoms with E-state index in [0.717, 1.165) is 29.4 Å². The standard InChI is InChI=1S/C20H22O3/c1-3-4-5-6-7-14-11-17(21)19-16-10-13(2)8-9-15(16)20(22)23-18(19)12-14/h8-12,21H,3-7H2,1-2H3. The van der Waals surface area contributed by atoms with Gasteiger partial charge in [-0.15, -0.1) is 0 Å². The molecule has 2 aromatic carbocycles. The van der Waals surface area contributed by atoms with E-state index in [4.69, 9.17) is 4.42 Å². The van der Waals surface area contributed by atoms with Gasteiger partial charge in [-0.3, -0.25) is 0 Å². The van der Waals surface area contributed by atoms with Crippen molar-refractivity contribution in [2.45, 2.75) is 46.0 Å². The van der Waals surface area contributed by atoms with Gasteiger partial charge < -0.3 is 9.52 Å². The first-order valence-corrected chi connectivity index (χ1v) is 8.29. The third-order valence-corrected chi connectivity index (χ3v) is 4.33. The van der Waals surface area contributed by atoms with Crippen LogP contribution in [0, 0.1) is 6.92 Å². The molecule has 0 saturated carbocycles. The van der Waals surface area contributed by atoms with Crippen LogP contribution in [-0.2, 0) is 6.42 Å². The van der Waals surface area contributed by atoms with Crippen LogP contribution in [0.15, 0.2) is 39.5 Å². The van der Waals surface area contributed by atoms with Gasteiger partial charge in [-0.1, -0.05) is 43.9 Å². The second kappa shape index (κ2) is 6.45. The van der Waals surface area contributed by atoms with Crippen molar-refractivity contribution in [2.24, 2.45) is 0 Å². The Labute approximate surface area is 135 Å². The highest BCUT2D eigenvalue weighted by atomic mass is 16.4. The van der Waals surface area contributed by atoms with Crippen LogP contribution in [0.4, 0.5) is 0 Å². The zero-order valence-corrected chi connectivity index (χ0v) is 13.7. The van der Waals surface area contributed by atoms with E-state index < -0.39 is 0 Å². The van der Waals surface area contributed by atoms with Gasteiger partial charge in [-0.2, -0.15) is 0 Å². The van der Waals surface area contributed by atoms with Crippen LogP contribution >= 0.6 is 0 Å². The fraction of sp³-hybridized carbons (Fsp3) is 0.350. The number of phenols is 1. The van der Waals surface area contributed by atoms with Gasteiger partial charge in [0.05, 0.1) is 10.8 Å². The van der Waals surface area contributed by atoms with Crippen molar-refractivity contribution in [1.82, 2.24) is 0 Å². The maximum Gasteiger partial charge on any atom is 0.344 e. The Bertz CT molecular complexity index is 906. The van der Waals surface area contributed by atoms with Crippen LogP contribution < -0.4 is 5.63 Å². The first-order chi connectivity index (χ1) is 11.1. The van der Waals surface area contributed by atoms with E-state index in [2.05, 4.69) is 6.92 Å². The van der Waals surface area contributed by atoms with E-state index in [9.17, 15) is 9.90 Å². The highest BCUT2D eigenvalue weighted by Gasteiger charge is 2.12. The van der Waals surface area contributed by atoms with Crippen LogP contribution in [0.2, 0.25) is 0 Å². The summed E-state index contributed by atoms with van der Waals surface area (Å²) in [5.74, 6) is 0.187. The molecule has 3 nitrogen and oxygen atoms in total. The Morgan fingerprint density at radius 3 is 2.65 bits per heavy atom. The minimum absolute atomic E-state index is 0.187. The first kappa shape index (κ1) is 15.6. The van der Waals surface area contributed by atoms with Crippen LogP contribution in [-0.4, -0.2) is 5.11 Å². The van der Waals surface area contributed by atoms with Gasteiger partial charge in [0.1, 0.15) is 11.3 Å². The van der Waals surface area contributed by atoms with Crippen LogP contribution in [0.5, 0.6) is 5.75 Å². The summed E-state index contributed by atoms with van der Waals surface area (Å²) in [6.45, 7) is 4.16. The quantitative estimate of drug-likeness (QED) is 0.406. The molecule has 1 heterocycles. The fourth-order valence-electron chi connectivity index (χ4n) is 3.11. The number of rotatable bonds is 5. The molecule has 120 valence electrons. The molecule has 0 atom stereocenters. The van der Waals surface area contributed by atoms with E-state index in [1.54, 1.807) is 12.1 Å². The molecule has 23 heavy (non-hydrogen) atoms. The van der Waals surface area contributed by atoms with Crippen LogP contribution in [0.3, 0.4) is 0 Å². The largest absolute Gasteiger partial charge is 0.507 e. The molecule has 0 amide bonds. The van der Waals surface area contributed by atoms with E-state index in [1.807, 2.05) is 25.1 Å². The van der Waals surface area contributed by atoms with Crippen LogP contribution in [0.1, 0.15) is 43.7 Å². The predicted octanol–water partition coefficient (Wildman–Crippen LogP) is 5.08. The molecule has 3 rings (SSSR count). The number of phenolic OH excluding ortho intramolecular Hbond substituents is 1. The molecule has 0 saturated heterocycles. The molecule has 0 aliphatic heterocycles. The summed E-state index contributed by atoms with van der Waals surface area (Å²) in [7, 11) is 0.